The summed E-state index contributed by atoms with van der Waals surface area (Å²) in [6.07, 6.45) is 9.98. The zero-order valence-corrected chi connectivity index (χ0v) is 40.9. The van der Waals surface area contributed by atoms with Gasteiger partial charge < -0.3 is 37.9 Å². The largest absolute Gasteiger partial charge is 0.494 e. The molecular formula is C57H58N2O14. The minimum atomic E-state index is -0.849. The van der Waals surface area contributed by atoms with Crippen LogP contribution in [0.5, 0.6) is 34.5 Å². The summed E-state index contributed by atoms with van der Waals surface area (Å²) in [5.41, 5.74) is 4.19. The van der Waals surface area contributed by atoms with Gasteiger partial charge in [-0.2, -0.15) is 5.10 Å². The lowest BCUT2D eigenvalue weighted by molar-refractivity contribution is -0.138. The van der Waals surface area contributed by atoms with Crippen LogP contribution in [0.4, 0.5) is 5.69 Å². The van der Waals surface area contributed by atoms with E-state index in [1.807, 2.05) is 0 Å². The number of fused-ring (bicyclic) bond motifs is 1. The molecule has 0 heterocycles. The van der Waals surface area contributed by atoms with E-state index in [-0.39, 0.29) is 45.1 Å². The average molecular weight is 995 g/mol. The van der Waals surface area contributed by atoms with Crippen LogP contribution < -0.4 is 33.8 Å². The number of nitrogens with zero attached hydrogens (tertiary/aromatic N) is 1. The zero-order valence-electron chi connectivity index (χ0n) is 40.9. The highest BCUT2D eigenvalue weighted by Gasteiger charge is 2.23. The molecule has 16 nitrogen and oxygen atoms in total. The van der Waals surface area contributed by atoms with Crippen molar-refractivity contribution in [3.8, 4) is 34.5 Å². The molecule has 380 valence electrons. The molecule has 73 heavy (non-hydrogen) atoms. The molecule has 0 radical (unpaired) electrons. The summed E-state index contributed by atoms with van der Waals surface area (Å²) >= 11 is 0. The molecule has 0 aromatic heterocycles. The highest BCUT2D eigenvalue weighted by molar-refractivity contribution is 5.97. The van der Waals surface area contributed by atoms with Crippen LogP contribution in [0.2, 0.25) is 0 Å². The summed E-state index contributed by atoms with van der Waals surface area (Å²) in [5.74, 6) is -3.02. The molecule has 5 aromatic carbocycles. The van der Waals surface area contributed by atoms with Gasteiger partial charge in [-0.25, -0.2) is 28.8 Å². The first-order chi connectivity index (χ1) is 35.2. The molecule has 0 fully saturated rings. The Kier molecular flexibility index (Phi) is 21.7. The van der Waals surface area contributed by atoms with E-state index in [4.69, 9.17) is 37.9 Å². The third-order valence-corrected chi connectivity index (χ3v) is 10.4. The topological polar surface area (TPSA) is 201 Å². The van der Waals surface area contributed by atoms with E-state index in [1.54, 1.807) is 79.7 Å². The fourth-order valence-corrected chi connectivity index (χ4v) is 6.50. The Bertz CT molecular complexity index is 2830. The van der Waals surface area contributed by atoms with Crippen molar-refractivity contribution in [2.24, 2.45) is 5.10 Å². The van der Waals surface area contributed by atoms with Crippen LogP contribution in [0.1, 0.15) is 91.5 Å². The Hall–Kier alpha value is -8.79. The Morgan fingerprint density at radius 3 is 1.52 bits per heavy atom. The van der Waals surface area contributed by atoms with Crippen LogP contribution in [0, 0.1) is 0 Å². The summed E-state index contributed by atoms with van der Waals surface area (Å²) in [6.45, 7) is 18.6. The molecule has 0 amide bonds. The first-order valence-corrected chi connectivity index (χ1v) is 23.5. The van der Waals surface area contributed by atoms with Crippen LogP contribution in [0.3, 0.4) is 0 Å². The molecular weight excluding hydrogens is 937 g/mol. The van der Waals surface area contributed by atoms with Gasteiger partial charge in [0.2, 0.25) is 0 Å². The van der Waals surface area contributed by atoms with Crippen molar-refractivity contribution in [1.82, 2.24) is 0 Å². The third-order valence-electron chi connectivity index (χ3n) is 10.4. The van der Waals surface area contributed by atoms with Gasteiger partial charge in [0.05, 0.1) is 49.5 Å². The first-order valence-electron chi connectivity index (χ1n) is 23.5. The van der Waals surface area contributed by atoms with Crippen LogP contribution in [-0.2, 0) is 28.7 Å². The number of hydrogen-bond acceptors (Lipinski definition) is 16. The predicted octanol–water partition coefficient (Wildman–Crippen LogP) is 11.0. The molecule has 1 N–H and O–H groups in total. The summed E-state index contributed by atoms with van der Waals surface area (Å²) in [6, 6.07) is 25.8. The zero-order chi connectivity index (χ0) is 52.5. The number of hydrazone groups is 1. The molecule has 0 aliphatic rings. The van der Waals surface area contributed by atoms with Crippen molar-refractivity contribution in [2.75, 3.05) is 31.9 Å². The van der Waals surface area contributed by atoms with Crippen molar-refractivity contribution in [3.05, 3.63) is 163 Å². The number of nitrogens with one attached hydrogen (secondary N) is 1. The molecule has 0 saturated carbocycles. The number of carbonyl (C=O) groups is 6. The van der Waals surface area contributed by atoms with Gasteiger partial charge >= 0.3 is 35.8 Å². The normalized spacial score (nSPS) is 10.7. The molecule has 0 spiro atoms. The second kappa shape index (κ2) is 28.8. The van der Waals surface area contributed by atoms with E-state index in [1.165, 1.54) is 37.4 Å². The number of rotatable bonds is 29. The van der Waals surface area contributed by atoms with E-state index < -0.39 is 35.8 Å². The highest BCUT2D eigenvalue weighted by Crippen LogP contribution is 2.37. The summed E-state index contributed by atoms with van der Waals surface area (Å²) in [7, 11) is 0. The molecule has 5 rings (SSSR count). The maximum absolute atomic E-state index is 13.8. The smallest absolute Gasteiger partial charge is 0.343 e. The quantitative estimate of drug-likeness (QED) is 0.0118. The van der Waals surface area contributed by atoms with Gasteiger partial charge in [-0.3, -0.25) is 5.43 Å². The van der Waals surface area contributed by atoms with Crippen molar-refractivity contribution < 1.29 is 66.7 Å². The van der Waals surface area contributed by atoms with Crippen LogP contribution in [0.15, 0.2) is 152 Å². The SMILES string of the molecule is C=CC(=O)OCCCCCCOc1ccc(C(=O)Oc2cc(/C=N/Nc3ccc4cc(OC(=O)C(=C)C)ccc4c3)c(OC(=O)c3ccc(OCCCCCCOC(=O)C=C)cc3)c(OC(=O)C(=C)C)c2)cc1. The fraction of sp³-hybridized carbons (Fsp3) is 0.246. The number of unbranched alkanes of at least 4 members (excludes halogenated alkanes) is 6. The maximum atomic E-state index is 13.8. The Balaban J connectivity index is 1.33. The van der Waals surface area contributed by atoms with E-state index in [9.17, 15) is 28.8 Å². The summed E-state index contributed by atoms with van der Waals surface area (Å²) < 4.78 is 44.5. The van der Waals surface area contributed by atoms with Gasteiger partial charge in [0.15, 0.2) is 11.5 Å². The standard InChI is InChI=1S/C57H58N2O14/c1-7-51(60)68-31-15-11-9-13-29-66-46-24-18-40(19-25-46)56(64)71-49-35-44(37-58-59-45-23-17-43-34-48(28-22-42(43)33-45)70-54(62)38(3)4)53(50(36-49)72-55(63)39(5)6)73-57(65)41-20-26-47(27-21-41)67-30-14-10-12-16-32-69-52(61)8-2/h7-8,17-28,33-37,59H,1-3,5,9-16,29-32H2,4,6H3/b58-37+. The Morgan fingerprint density at radius 1 is 0.507 bits per heavy atom. The molecule has 0 aliphatic carbocycles. The van der Waals surface area contributed by atoms with Crippen LogP contribution >= 0.6 is 0 Å². The fourth-order valence-electron chi connectivity index (χ4n) is 6.50. The lowest BCUT2D eigenvalue weighted by Crippen LogP contribution is -2.15. The highest BCUT2D eigenvalue weighted by atomic mass is 16.6. The first kappa shape index (κ1) is 55.1. The predicted molar refractivity (Wildman–Crippen MR) is 276 cm³/mol. The van der Waals surface area contributed by atoms with Gasteiger partial charge in [-0.05, 0) is 155 Å². The van der Waals surface area contributed by atoms with Gasteiger partial charge in [-0.15, -0.1) is 0 Å². The van der Waals surface area contributed by atoms with Crippen molar-refractivity contribution >= 4 is 58.5 Å². The number of esters is 6. The molecule has 0 bridgehead atoms. The molecule has 0 saturated heterocycles. The second-order valence-electron chi connectivity index (χ2n) is 16.4. The van der Waals surface area contributed by atoms with Crippen LogP contribution in [0.25, 0.3) is 10.8 Å². The molecule has 0 atom stereocenters. The second-order valence-corrected chi connectivity index (χ2v) is 16.4. The summed E-state index contributed by atoms with van der Waals surface area (Å²) in [5, 5.41) is 5.97. The third kappa shape index (κ3) is 18.5. The van der Waals surface area contributed by atoms with Crippen molar-refractivity contribution in [1.29, 1.82) is 0 Å². The lowest BCUT2D eigenvalue weighted by Gasteiger charge is -2.16. The monoisotopic (exact) mass is 994 g/mol. The van der Waals surface area contributed by atoms with Gasteiger partial charge in [0, 0.05) is 34.9 Å². The Labute approximate surface area is 423 Å². The van der Waals surface area contributed by atoms with Gasteiger partial charge in [0.25, 0.3) is 0 Å². The molecule has 16 heteroatoms. The summed E-state index contributed by atoms with van der Waals surface area (Å²) in [4.78, 5) is 74.9. The maximum Gasteiger partial charge on any atom is 0.343 e. The van der Waals surface area contributed by atoms with Gasteiger partial charge in [0.1, 0.15) is 23.0 Å². The van der Waals surface area contributed by atoms with Crippen LogP contribution in [-0.4, -0.2) is 68.5 Å². The van der Waals surface area contributed by atoms with Crippen molar-refractivity contribution in [2.45, 2.75) is 65.2 Å². The van der Waals surface area contributed by atoms with E-state index >= 15 is 0 Å². The van der Waals surface area contributed by atoms with Gasteiger partial charge in [-0.1, -0.05) is 38.4 Å². The Morgan fingerprint density at radius 2 is 0.986 bits per heavy atom. The minimum Gasteiger partial charge on any atom is -0.494 e. The number of anilines is 1. The average Bonchev–Trinajstić information content (AvgIpc) is 3.38. The molecule has 0 unspecified atom stereocenters. The van der Waals surface area contributed by atoms with Crippen molar-refractivity contribution in [3.63, 3.8) is 0 Å². The van der Waals surface area contributed by atoms with E-state index in [0.29, 0.717) is 49.4 Å². The number of carbonyl (C=O) groups excluding carboxylic acids is 6. The molecule has 0 aliphatic heterocycles. The number of hydrogen-bond donors (Lipinski definition) is 1. The minimum absolute atomic E-state index is 0.0347. The van der Waals surface area contributed by atoms with E-state index in [0.717, 1.165) is 74.3 Å². The number of ether oxygens (including phenoxy) is 8. The van der Waals surface area contributed by atoms with E-state index in [2.05, 4.69) is 36.8 Å². The lowest BCUT2D eigenvalue weighted by atomic mass is 10.1. The number of benzene rings is 5. The molecule has 5 aromatic rings.